The van der Waals surface area contributed by atoms with E-state index in [1.54, 1.807) is 7.05 Å². The Morgan fingerprint density at radius 3 is 2.57 bits per heavy atom. The van der Waals surface area contributed by atoms with Crippen LogP contribution in [-0.4, -0.2) is 31.3 Å². The Morgan fingerprint density at radius 2 is 2.43 bits per heavy atom. The van der Waals surface area contributed by atoms with E-state index in [9.17, 15) is 0 Å². The third kappa shape index (κ3) is 3.72. The second-order valence-electron chi connectivity index (χ2n) is 1.39. The minimum Gasteiger partial charge on any atom is -0.663 e. The first-order chi connectivity index (χ1) is 3.31. The van der Waals surface area contributed by atoms with Crippen LogP contribution in [0.3, 0.4) is 0 Å². The average molecular weight is 103 g/mol. The number of nitrogens with two attached hydrogens (primary N) is 1. The van der Waals surface area contributed by atoms with Crippen molar-refractivity contribution in [2.45, 2.75) is 6.10 Å². The summed E-state index contributed by atoms with van der Waals surface area (Å²) in [5.74, 6) is 0. The highest BCUT2D eigenvalue weighted by Crippen LogP contribution is 1.82. The fourth-order valence-corrected chi connectivity index (χ4v) is 0.285. The SMILES string of the molecule is C[N-]CC(O)CN. The predicted octanol–water partition coefficient (Wildman–Crippen LogP) is -0.691. The van der Waals surface area contributed by atoms with E-state index in [-0.39, 0.29) is 0 Å². The van der Waals surface area contributed by atoms with Gasteiger partial charge in [-0.05, 0) is 0 Å². The minimum absolute atomic E-state index is 0.303. The molecule has 0 fully saturated rings. The van der Waals surface area contributed by atoms with E-state index in [1.807, 2.05) is 0 Å². The highest BCUT2D eigenvalue weighted by molar-refractivity contribution is 4.75. The van der Waals surface area contributed by atoms with Gasteiger partial charge in [0.15, 0.2) is 0 Å². The van der Waals surface area contributed by atoms with Crippen molar-refractivity contribution in [1.82, 2.24) is 0 Å². The highest BCUT2D eigenvalue weighted by Gasteiger charge is 1.87. The Hall–Kier alpha value is -0.120. The molecule has 44 valence electrons. The molecule has 0 aliphatic heterocycles. The molecule has 7 heavy (non-hydrogen) atoms. The van der Waals surface area contributed by atoms with Crippen LogP contribution in [0.5, 0.6) is 0 Å². The zero-order chi connectivity index (χ0) is 5.70. The Labute approximate surface area is 43.5 Å². The summed E-state index contributed by atoms with van der Waals surface area (Å²) >= 11 is 0. The molecule has 3 heteroatoms. The number of aliphatic hydroxyl groups is 1. The summed E-state index contributed by atoms with van der Waals surface area (Å²) in [7, 11) is 1.65. The van der Waals surface area contributed by atoms with Crippen molar-refractivity contribution in [3.8, 4) is 0 Å². The molecule has 0 saturated heterocycles. The second kappa shape index (κ2) is 4.05. The van der Waals surface area contributed by atoms with Crippen LogP contribution in [-0.2, 0) is 0 Å². The summed E-state index contributed by atoms with van der Waals surface area (Å²) in [6, 6.07) is 0. The monoisotopic (exact) mass is 103 g/mol. The molecule has 3 N–H and O–H groups in total. The van der Waals surface area contributed by atoms with Crippen LogP contribution < -0.4 is 5.73 Å². The van der Waals surface area contributed by atoms with Crippen molar-refractivity contribution in [2.75, 3.05) is 20.1 Å². The molecule has 0 bridgehead atoms. The van der Waals surface area contributed by atoms with Crippen LogP contribution in [0.25, 0.3) is 5.32 Å². The number of nitrogens with zero attached hydrogens (tertiary/aromatic N) is 1. The molecule has 3 nitrogen and oxygen atoms in total. The molecule has 0 heterocycles. The molecular formula is C4H11N2O-. The highest BCUT2D eigenvalue weighted by atomic mass is 16.3. The lowest BCUT2D eigenvalue weighted by molar-refractivity contribution is 0.198. The lowest BCUT2D eigenvalue weighted by Crippen LogP contribution is -2.22. The molecule has 0 amide bonds. The van der Waals surface area contributed by atoms with Gasteiger partial charge in [-0.2, -0.15) is 7.05 Å². The van der Waals surface area contributed by atoms with Gasteiger partial charge in [-0.25, -0.2) is 0 Å². The molecule has 0 rings (SSSR count). The number of aliphatic hydroxyl groups excluding tert-OH is 1. The lowest BCUT2D eigenvalue weighted by atomic mass is 10.4. The molecule has 0 aliphatic rings. The normalized spacial score (nSPS) is 14.1. The number of hydrogen-bond acceptors (Lipinski definition) is 2. The first-order valence-corrected chi connectivity index (χ1v) is 2.25. The topological polar surface area (TPSA) is 60.3 Å². The lowest BCUT2D eigenvalue weighted by Gasteiger charge is -2.14. The first kappa shape index (κ1) is 6.88. The maximum Gasteiger partial charge on any atom is 0.0475 e. The molecule has 0 radical (unpaired) electrons. The Morgan fingerprint density at radius 1 is 1.86 bits per heavy atom. The fraction of sp³-hybridized carbons (Fsp3) is 1.00. The third-order valence-electron chi connectivity index (χ3n) is 0.665. The zero-order valence-electron chi connectivity index (χ0n) is 4.46. The van der Waals surface area contributed by atoms with Gasteiger partial charge in [0.2, 0.25) is 0 Å². The molecule has 0 spiro atoms. The van der Waals surface area contributed by atoms with Crippen LogP contribution in [0.4, 0.5) is 0 Å². The van der Waals surface area contributed by atoms with Crippen molar-refractivity contribution in [2.24, 2.45) is 5.73 Å². The standard InChI is InChI=1S/C4H11N2O/c1-6-3-4(7)2-5/h4,7H,2-3,5H2,1H3/q-1. The van der Waals surface area contributed by atoms with Crippen LogP contribution in [0.2, 0.25) is 0 Å². The van der Waals surface area contributed by atoms with E-state index in [0.29, 0.717) is 13.1 Å². The maximum atomic E-state index is 8.64. The van der Waals surface area contributed by atoms with Crippen molar-refractivity contribution in [3.05, 3.63) is 5.32 Å². The number of rotatable bonds is 3. The Bertz CT molecular complexity index is 40.7. The van der Waals surface area contributed by atoms with Gasteiger partial charge in [-0.1, -0.05) is 0 Å². The number of hydrogen-bond donors (Lipinski definition) is 2. The molecule has 0 aromatic heterocycles. The molecule has 0 saturated carbocycles. The van der Waals surface area contributed by atoms with Crippen LogP contribution in [0.1, 0.15) is 0 Å². The van der Waals surface area contributed by atoms with Gasteiger partial charge < -0.3 is 16.2 Å². The number of likely N-dealkylation sites (N-methyl/N-ethyl adjacent to an activating group) is 1. The maximum absolute atomic E-state index is 8.64. The van der Waals surface area contributed by atoms with E-state index < -0.39 is 6.10 Å². The summed E-state index contributed by atoms with van der Waals surface area (Å²) in [6.45, 7) is 0.758. The van der Waals surface area contributed by atoms with Gasteiger partial charge in [0.1, 0.15) is 0 Å². The fourth-order valence-electron chi connectivity index (χ4n) is 0.285. The molecular weight excluding hydrogens is 92.1 g/mol. The minimum atomic E-state index is -0.440. The van der Waals surface area contributed by atoms with Crippen LogP contribution in [0.15, 0.2) is 0 Å². The van der Waals surface area contributed by atoms with Gasteiger partial charge in [0.05, 0.1) is 0 Å². The van der Waals surface area contributed by atoms with Gasteiger partial charge in [-0.3, -0.25) is 0 Å². The summed E-state index contributed by atoms with van der Waals surface area (Å²) in [5.41, 5.74) is 5.05. The molecule has 1 atom stereocenters. The van der Waals surface area contributed by atoms with E-state index in [2.05, 4.69) is 5.32 Å². The largest absolute Gasteiger partial charge is 0.663 e. The molecule has 0 aromatic rings. The Kier molecular flexibility index (Phi) is 3.98. The van der Waals surface area contributed by atoms with Gasteiger partial charge >= 0.3 is 0 Å². The smallest absolute Gasteiger partial charge is 0.0475 e. The van der Waals surface area contributed by atoms with E-state index in [1.165, 1.54) is 0 Å². The molecule has 1 unspecified atom stereocenters. The van der Waals surface area contributed by atoms with E-state index in [4.69, 9.17) is 10.8 Å². The molecule has 0 aromatic carbocycles. The summed E-state index contributed by atoms with van der Waals surface area (Å²) in [6.07, 6.45) is -0.440. The third-order valence-corrected chi connectivity index (χ3v) is 0.665. The predicted molar refractivity (Wildman–Crippen MR) is 29.2 cm³/mol. The van der Waals surface area contributed by atoms with Crippen LogP contribution in [0, 0.1) is 0 Å². The van der Waals surface area contributed by atoms with Crippen molar-refractivity contribution in [1.29, 1.82) is 0 Å². The molecule has 0 aliphatic carbocycles. The van der Waals surface area contributed by atoms with E-state index >= 15 is 0 Å². The second-order valence-corrected chi connectivity index (χ2v) is 1.39. The van der Waals surface area contributed by atoms with Gasteiger partial charge in [0.25, 0.3) is 0 Å². The van der Waals surface area contributed by atoms with Crippen molar-refractivity contribution in [3.63, 3.8) is 0 Å². The summed E-state index contributed by atoms with van der Waals surface area (Å²) < 4.78 is 0. The summed E-state index contributed by atoms with van der Waals surface area (Å²) in [5, 5.41) is 12.3. The van der Waals surface area contributed by atoms with E-state index in [0.717, 1.165) is 0 Å². The summed E-state index contributed by atoms with van der Waals surface area (Å²) in [4.78, 5) is 0. The van der Waals surface area contributed by atoms with Crippen molar-refractivity contribution >= 4 is 0 Å². The van der Waals surface area contributed by atoms with Crippen LogP contribution >= 0.6 is 0 Å². The quantitative estimate of drug-likeness (QED) is 0.496. The average Bonchev–Trinajstić information content (AvgIpc) is 1.68. The Balaban J connectivity index is 2.83. The van der Waals surface area contributed by atoms with Gasteiger partial charge in [-0.15, -0.1) is 6.54 Å². The first-order valence-electron chi connectivity index (χ1n) is 2.25. The van der Waals surface area contributed by atoms with Gasteiger partial charge in [0, 0.05) is 12.6 Å². The van der Waals surface area contributed by atoms with Crippen molar-refractivity contribution < 1.29 is 5.11 Å². The zero-order valence-corrected chi connectivity index (χ0v) is 4.46.